The Labute approximate surface area is 136 Å². The van der Waals surface area contributed by atoms with E-state index in [0.717, 1.165) is 18.8 Å². The fourth-order valence-corrected chi connectivity index (χ4v) is 2.44. The van der Waals surface area contributed by atoms with E-state index in [-0.39, 0.29) is 0 Å². The highest BCUT2D eigenvalue weighted by molar-refractivity contribution is 7.80. The number of benzene rings is 1. The van der Waals surface area contributed by atoms with Gasteiger partial charge in [-0.2, -0.15) is 0 Å². The molecule has 2 rings (SSSR count). The molecule has 0 amide bonds. The van der Waals surface area contributed by atoms with E-state index in [1.54, 1.807) is 0 Å². The molecule has 1 N–H and O–H groups in total. The Morgan fingerprint density at radius 1 is 1.50 bits per heavy atom. The normalized spacial score (nSPS) is 16.7. The smallest absolute Gasteiger partial charge is 0.348 e. The number of carbonyl (C=O) groups is 1. The monoisotopic (exact) mass is 323 g/mol. The van der Waals surface area contributed by atoms with Crippen molar-refractivity contribution in [1.82, 2.24) is 10.2 Å². The first-order chi connectivity index (χ1) is 10.5. The van der Waals surface area contributed by atoms with Gasteiger partial charge in [0.25, 0.3) is 0 Å². The van der Waals surface area contributed by atoms with Gasteiger partial charge >= 0.3 is 5.97 Å². The molecule has 0 aliphatic carbocycles. The number of anilines is 1. The van der Waals surface area contributed by atoms with Crippen LogP contribution in [-0.4, -0.2) is 62.9 Å². The standard InChI is InChI=1S/C15H21N3O3S/c1-17(2)9-8-16-15(22)18-10-13(14(19)20-3)21-12-7-5-4-6-11(12)18/h4-7,13H,8-10H2,1-3H3,(H,16,22)/t13-/m0/s1. The molecule has 0 aromatic heterocycles. The van der Waals surface area contributed by atoms with Crippen molar-refractivity contribution in [2.45, 2.75) is 6.10 Å². The first kappa shape index (κ1) is 16.5. The number of hydrogen-bond acceptors (Lipinski definition) is 5. The summed E-state index contributed by atoms with van der Waals surface area (Å²) in [5.74, 6) is 0.219. The lowest BCUT2D eigenvalue weighted by molar-refractivity contribution is -0.148. The first-order valence-electron chi connectivity index (χ1n) is 7.06. The molecule has 1 aromatic carbocycles. The number of nitrogens with one attached hydrogen (secondary N) is 1. The Morgan fingerprint density at radius 2 is 2.23 bits per heavy atom. The zero-order chi connectivity index (χ0) is 16.1. The van der Waals surface area contributed by atoms with Crippen molar-refractivity contribution in [2.75, 3.05) is 45.7 Å². The number of esters is 1. The third-order valence-corrected chi connectivity index (χ3v) is 3.68. The maximum absolute atomic E-state index is 11.8. The van der Waals surface area contributed by atoms with Crippen LogP contribution in [0.1, 0.15) is 0 Å². The Balaban J connectivity index is 2.14. The summed E-state index contributed by atoms with van der Waals surface area (Å²) in [5.41, 5.74) is 0.852. The van der Waals surface area contributed by atoms with Gasteiger partial charge in [0.1, 0.15) is 5.75 Å². The number of para-hydroxylation sites is 2. The minimum atomic E-state index is -0.687. The fraction of sp³-hybridized carbons (Fsp3) is 0.467. The van der Waals surface area contributed by atoms with Crippen LogP contribution in [0.15, 0.2) is 24.3 Å². The SMILES string of the molecule is COC(=O)[C@@H]1CN(C(=S)NCCN(C)C)c2ccccc2O1. The minimum absolute atomic E-state index is 0.331. The molecule has 22 heavy (non-hydrogen) atoms. The summed E-state index contributed by atoms with van der Waals surface area (Å²) in [6.07, 6.45) is -0.687. The van der Waals surface area contributed by atoms with E-state index in [0.29, 0.717) is 17.4 Å². The van der Waals surface area contributed by atoms with Crippen LogP contribution in [0, 0.1) is 0 Å². The van der Waals surface area contributed by atoms with Crippen LogP contribution in [0.2, 0.25) is 0 Å². The average molecular weight is 323 g/mol. The van der Waals surface area contributed by atoms with Crippen molar-refractivity contribution >= 4 is 29.0 Å². The van der Waals surface area contributed by atoms with Crippen molar-refractivity contribution in [3.8, 4) is 5.75 Å². The molecule has 0 saturated carbocycles. The van der Waals surface area contributed by atoms with E-state index < -0.39 is 12.1 Å². The quantitative estimate of drug-likeness (QED) is 0.651. The van der Waals surface area contributed by atoms with Gasteiger partial charge in [-0.1, -0.05) is 12.1 Å². The first-order valence-corrected chi connectivity index (χ1v) is 7.47. The number of thiocarbonyl (C=S) groups is 1. The van der Waals surface area contributed by atoms with E-state index in [1.807, 2.05) is 43.3 Å². The van der Waals surface area contributed by atoms with Crippen LogP contribution >= 0.6 is 12.2 Å². The van der Waals surface area contributed by atoms with Gasteiger partial charge in [0.15, 0.2) is 5.11 Å². The van der Waals surface area contributed by atoms with Crippen molar-refractivity contribution in [2.24, 2.45) is 0 Å². The summed E-state index contributed by atoms with van der Waals surface area (Å²) >= 11 is 5.47. The molecule has 0 fully saturated rings. The molecule has 0 unspecified atom stereocenters. The van der Waals surface area contributed by atoms with E-state index in [4.69, 9.17) is 21.7 Å². The summed E-state index contributed by atoms with van der Waals surface area (Å²) in [7, 11) is 5.36. The third-order valence-electron chi connectivity index (χ3n) is 3.32. The highest BCUT2D eigenvalue weighted by Gasteiger charge is 2.32. The number of likely N-dealkylation sites (N-methyl/N-ethyl adjacent to an activating group) is 1. The molecular formula is C15H21N3O3S. The lowest BCUT2D eigenvalue weighted by Crippen LogP contribution is -2.51. The van der Waals surface area contributed by atoms with Crippen molar-refractivity contribution in [3.05, 3.63) is 24.3 Å². The van der Waals surface area contributed by atoms with Gasteiger partial charge in [-0.05, 0) is 38.4 Å². The summed E-state index contributed by atoms with van der Waals surface area (Å²) in [5, 5.41) is 3.79. The van der Waals surface area contributed by atoms with Crippen molar-refractivity contribution in [1.29, 1.82) is 0 Å². The molecule has 1 aromatic rings. The van der Waals surface area contributed by atoms with Crippen LogP contribution in [-0.2, 0) is 9.53 Å². The van der Waals surface area contributed by atoms with Crippen molar-refractivity contribution < 1.29 is 14.3 Å². The lowest BCUT2D eigenvalue weighted by atomic mass is 10.2. The molecule has 0 spiro atoms. The summed E-state index contributed by atoms with van der Waals surface area (Å²) in [4.78, 5) is 15.8. The second kappa shape index (κ2) is 7.42. The van der Waals surface area contributed by atoms with Crippen LogP contribution in [0.5, 0.6) is 5.75 Å². The topological polar surface area (TPSA) is 54.0 Å². The molecular weight excluding hydrogens is 302 g/mol. The van der Waals surface area contributed by atoms with Gasteiger partial charge in [-0.25, -0.2) is 4.79 Å². The molecule has 1 atom stereocenters. The number of rotatable bonds is 4. The number of hydrogen-bond donors (Lipinski definition) is 1. The molecule has 0 bridgehead atoms. The molecule has 0 radical (unpaired) electrons. The van der Waals surface area contributed by atoms with Gasteiger partial charge < -0.3 is 24.6 Å². The number of nitrogens with zero attached hydrogens (tertiary/aromatic N) is 2. The minimum Gasteiger partial charge on any atom is -0.475 e. The Bertz CT molecular complexity index is 551. The Morgan fingerprint density at radius 3 is 2.91 bits per heavy atom. The van der Waals surface area contributed by atoms with E-state index in [2.05, 4.69) is 10.2 Å². The van der Waals surface area contributed by atoms with Gasteiger partial charge in [-0.15, -0.1) is 0 Å². The number of fused-ring (bicyclic) bond motifs is 1. The van der Waals surface area contributed by atoms with Gasteiger partial charge in [0.05, 0.1) is 19.3 Å². The second-order valence-corrected chi connectivity index (χ2v) is 5.63. The third kappa shape index (κ3) is 3.86. The molecule has 1 aliphatic heterocycles. The summed E-state index contributed by atoms with van der Waals surface area (Å²) in [6.45, 7) is 1.93. The van der Waals surface area contributed by atoms with E-state index in [1.165, 1.54) is 7.11 Å². The Kier molecular flexibility index (Phi) is 5.57. The van der Waals surface area contributed by atoms with Gasteiger partial charge in [0, 0.05) is 13.1 Å². The van der Waals surface area contributed by atoms with Crippen LogP contribution in [0.3, 0.4) is 0 Å². The maximum Gasteiger partial charge on any atom is 0.348 e. The highest BCUT2D eigenvalue weighted by Crippen LogP contribution is 2.33. The van der Waals surface area contributed by atoms with E-state index >= 15 is 0 Å². The zero-order valence-electron chi connectivity index (χ0n) is 13.0. The maximum atomic E-state index is 11.8. The average Bonchev–Trinajstić information content (AvgIpc) is 2.52. The van der Waals surface area contributed by atoms with Gasteiger partial charge in [-0.3, -0.25) is 0 Å². The number of carbonyl (C=O) groups excluding carboxylic acids is 1. The van der Waals surface area contributed by atoms with Crippen LogP contribution in [0.25, 0.3) is 0 Å². The summed E-state index contributed by atoms with van der Waals surface area (Å²) in [6, 6.07) is 7.51. The van der Waals surface area contributed by atoms with Crippen LogP contribution < -0.4 is 15.0 Å². The molecule has 1 aliphatic rings. The van der Waals surface area contributed by atoms with Crippen LogP contribution in [0.4, 0.5) is 5.69 Å². The Hall–Kier alpha value is -1.86. The molecule has 120 valence electrons. The molecule has 0 saturated heterocycles. The predicted molar refractivity (Wildman–Crippen MR) is 89.4 cm³/mol. The molecule has 1 heterocycles. The predicted octanol–water partition coefficient (Wildman–Crippen LogP) is 0.863. The van der Waals surface area contributed by atoms with Gasteiger partial charge in [0.2, 0.25) is 6.10 Å². The molecule has 6 nitrogen and oxygen atoms in total. The fourth-order valence-electron chi connectivity index (χ4n) is 2.16. The zero-order valence-corrected chi connectivity index (χ0v) is 13.9. The molecule has 7 heteroatoms. The number of methoxy groups -OCH3 is 1. The largest absolute Gasteiger partial charge is 0.475 e. The highest BCUT2D eigenvalue weighted by atomic mass is 32.1. The van der Waals surface area contributed by atoms with Crippen molar-refractivity contribution in [3.63, 3.8) is 0 Å². The van der Waals surface area contributed by atoms with E-state index in [9.17, 15) is 4.79 Å². The number of ether oxygens (including phenoxy) is 2. The second-order valence-electron chi connectivity index (χ2n) is 5.24. The lowest BCUT2D eigenvalue weighted by Gasteiger charge is -2.35. The summed E-state index contributed by atoms with van der Waals surface area (Å²) < 4.78 is 10.5.